The van der Waals surface area contributed by atoms with E-state index in [1.54, 1.807) is 0 Å². The highest BCUT2D eigenvalue weighted by molar-refractivity contribution is 6.15. The van der Waals surface area contributed by atoms with E-state index in [9.17, 15) is 0 Å². The summed E-state index contributed by atoms with van der Waals surface area (Å²) in [5, 5.41) is 0. The summed E-state index contributed by atoms with van der Waals surface area (Å²) in [5.74, 6) is 2.60. The van der Waals surface area contributed by atoms with Gasteiger partial charge in [-0.25, -0.2) is 15.0 Å². The molecule has 1 aliphatic heterocycles. The lowest BCUT2D eigenvalue weighted by molar-refractivity contribution is 0.603. The molecule has 2 unspecified atom stereocenters. The van der Waals surface area contributed by atoms with Gasteiger partial charge in [-0.05, 0) is 71.2 Å². The third-order valence-electron chi connectivity index (χ3n) is 10.3. The average Bonchev–Trinajstić information content (AvgIpc) is 3.48. The molecule has 0 bridgehead atoms. The third kappa shape index (κ3) is 6.62. The van der Waals surface area contributed by atoms with Gasteiger partial charge in [0.05, 0.1) is 11.4 Å². The quantitative estimate of drug-likeness (QED) is 0.178. The van der Waals surface area contributed by atoms with Crippen LogP contribution in [0, 0.1) is 18.8 Å². The highest BCUT2D eigenvalue weighted by Crippen LogP contribution is 2.45. The summed E-state index contributed by atoms with van der Waals surface area (Å²) in [6.45, 7) is 4.31. The molecule has 3 atom stereocenters. The SMILES string of the molecule is Cc1ccc2c(n1)C1N=C(C3=CCC=C(c4nc(-c5ccccc5)nc(-c5ccc(C6=CC(C)CC=C6)cc5)n4)C=C3)C=C(c3ccccc3)[C@@H]1C=C2. The van der Waals surface area contributed by atoms with Crippen LogP contribution in [-0.4, -0.2) is 25.6 Å². The number of rotatable bonds is 6. The van der Waals surface area contributed by atoms with E-state index in [1.807, 2.05) is 30.3 Å². The molecule has 0 saturated carbocycles. The normalized spacial score (nSPS) is 20.3. The minimum Gasteiger partial charge on any atom is -0.274 e. The predicted octanol–water partition coefficient (Wildman–Crippen LogP) is 11.1. The summed E-state index contributed by atoms with van der Waals surface area (Å²) in [5.41, 5.74) is 13.0. The van der Waals surface area contributed by atoms with Crippen molar-refractivity contribution in [2.75, 3.05) is 0 Å². The van der Waals surface area contributed by atoms with Crippen LogP contribution < -0.4 is 0 Å². The Bertz CT molecular complexity index is 2460. The number of benzene rings is 3. The first kappa shape index (κ1) is 32.6. The number of allylic oxidation sites excluding steroid dienone is 11. The number of pyridine rings is 1. The van der Waals surface area contributed by atoms with Gasteiger partial charge in [0.2, 0.25) is 0 Å². The van der Waals surface area contributed by atoms with Crippen LogP contribution in [0.15, 0.2) is 162 Å². The van der Waals surface area contributed by atoms with Gasteiger partial charge in [0.25, 0.3) is 0 Å². The van der Waals surface area contributed by atoms with E-state index in [1.165, 1.54) is 22.3 Å². The Balaban J connectivity index is 1.07. The topological polar surface area (TPSA) is 63.9 Å². The number of nitrogens with zero attached hydrogens (tertiary/aromatic N) is 5. The zero-order chi connectivity index (χ0) is 35.7. The molecular formula is C48H39N5. The predicted molar refractivity (Wildman–Crippen MR) is 218 cm³/mol. The van der Waals surface area contributed by atoms with Gasteiger partial charge in [-0.1, -0.05) is 153 Å². The summed E-state index contributed by atoms with van der Waals surface area (Å²) in [6, 6.07) is 33.5. The monoisotopic (exact) mass is 685 g/mol. The van der Waals surface area contributed by atoms with Crippen LogP contribution in [0.5, 0.6) is 0 Å². The van der Waals surface area contributed by atoms with Crippen molar-refractivity contribution in [2.24, 2.45) is 16.8 Å². The fourth-order valence-electron chi connectivity index (χ4n) is 7.54. The Morgan fingerprint density at radius 1 is 0.585 bits per heavy atom. The van der Waals surface area contributed by atoms with Gasteiger partial charge in [-0.15, -0.1) is 0 Å². The van der Waals surface area contributed by atoms with Gasteiger partial charge < -0.3 is 0 Å². The second-order valence-corrected chi connectivity index (χ2v) is 14.1. The molecule has 0 N–H and O–H groups in total. The lowest BCUT2D eigenvalue weighted by atomic mass is 9.78. The van der Waals surface area contributed by atoms with E-state index in [4.69, 9.17) is 24.9 Å². The van der Waals surface area contributed by atoms with Crippen LogP contribution in [-0.2, 0) is 0 Å². The van der Waals surface area contributed by atoms with Gasteiger partial charge in [0.15, 0.2) is 17.5 Å². The van der Waals surface area contributed by atoms with Gasteiger partial charge >= 0.3 is 0 Å². The van der Waals surface area contributed by atoms with Crippen molar-refractivity contribution >= 4 is 28.5 Å². The first-order chi connectivity index (χ1) is 26.1. The molecule has 0 spiro atoms. The van der Waals surface area contributed by atoms with Gasteiger partial charge in [-0.2, -0.15) is 0 Å². The van der Waals surface area contributed by atoms with Gasteiger partial charge in [-0.3, -0.25) is 9.98 Å². The molecule has 9 rings (SSSR count). The van der Waals surface area contributed by atoms with Gasteiger partial charge in [0, 0.05) is 28.3 Å². The average molecular weight is 686 g/mol. The van der Waals surface area contributed by atoms with Crippen molar-refractivity contribution in [3.8, 4) is 22.8 Å². The maximum Gasteiger partial charge on any atom is 0.164 e. The number of aryl methyl sites for hydroxylation is 1. The van der Waals surface area contributed by atoms with Crippen molar-refractivity contribution in [1.82, 2.24) is 19.9 Å². The lowest BCUT2D eigenvalue weighted by Gasteiger charge is -2.32. The number of hydrogen-bond donors (Lipinski definition) is 0. The van der Waals surface area contributed by atoms with Crippen LogP contribution in [0.25, 0.3) is 45.6 Å². The molecule has 5 aromatic rings. The van der Waals surface area contributed by atoms with Crippen LogP contribution in [0.2, 0.25) is 0 Å². The molecule has 3 heterocycles. The van der Waals surface area contributed by atoms with Crippen LogP contribution in [0.3, 0.4) is 0 Å². The Hall–Kier alpha value is -6.33. The highest BCUT2D eigenvalue weighted by atomic mass is 15.0. The molecule has 0 amide bonds. The van der Waals surface area contributed by atoms with E-state index in [0.29, 0.717) is 29.8 Å². The number of aliphatic imine (C=N–C) groups is 1. The fraction of sp³-hybridized carbons (Fsp3) is 0.146. The molecule has 0 fully saturated rings. The Morgan fingerprint density at radius 3 is 2.00 bits per heavy atom. The molecule has 53 heavy (non-hydrogen) atoms. The van der Waals surface area contributed by atoms with E-state index < -0.39 is 0 Å². The zero-order valence-electron chi connectivity index (χ0n) is 29.9. The third-order valence-corrected chi connectivity index (χ3v) is 10.3. The first-order valence-electron chi connectivity index (χ1n) is 18.5. The van der Waals surface area contributed by atoms with Crippen molar-refractivity contribution in [3.63, 3.8) is 0 Å². The molecule has 5 nitrogen and oxygen atoms in total. The minimum atomic E-state index is -0.102. The Labute approximate surface area is 311 Å². The smallest absolute Gasteiger partial charge is 0.164 e. The molecule has 3 aliphatic carbocycles. The first-order valence-corrected chi connectivity index (χ1v) is 18.5. The molecule has 2 aromatic heterocycles. The lowest BCUT2D eigenvalue weighted by Crippen LogP contribution is -2.23. The number of fused-ring (bicyclic) bond motifs is 3. The molecule has 4 aliphatic rings. The molecular weight excluding hydrogens is 647 g/mol. The summed E-state index contributed by atoms with van der Waals surface area (Å²) in [4.78, 5) is 25.5. The van der Waals surface area contributed by atoms with E-state index in [0.717, 1.165) is 51.4 Å². The molecule has 256 valence electrons. The second-order valence-electron chi connectivity index (χ2n) is 14.1. The largest absolute Gasteiger partial charge is 0.274 e. The number of dihydropyridines is 1. The van der Waals surface area contributed by atoms with Crippen LogP contribution in [0.1, 0.15) is 59.7 Å². The standard InChI is InChI=1S/C48H39N5/c1-31-11-9-18-40(29-31)33-21-24-39(25-22-33)48-52-46(37-14-7-4-8-15-37)51-47(53-48)38-17-10-16-35(23-26-38)43-30-42(34-12-5-3-6-13-34)41-28-27-36-20-19-32(2)49-44(36)45(41)50-43/h3-9,12-31,41,45H,10-11H2,1-2H3/t31?,41-,45?/m0/s1. The molecule has 0 saturated heterocycles. The molecule has 5 heteroatoms. The van der Waals surface area contributed by atoms with Crippen molar-refractivity contribution in [3.05, 3.63) is 191 Å². The highest BCUT2D eigenvalue weighted by Gasteiger charge is 2.34. The van der Waals surface area contributed by atoms with Gasteiger partial charge in [0.1, 0.15) is 6.04 Å². The summed E-state index contributed by atoms with van der Waals surface area (Å²) < 4.78 is 0. The van der Waals surface area contributed by atoms with E-state index >= 15 is 0 Å². The van der Waals surface area contributed by atoms with Crippen LogP contribution >= 0.6 is 0 Å². The molecule has 3 aromatic carbocycles. The number of hydrogen-bond acceptors (Lipinski definition) is 5. The summed E-state index contributed by atoms with van der Waals surface area (Å²) in [6.07, 6.45) is 24.1. The summed E-state index contributed by atoms with van der Waals surface area (Å²) >= 11 is 0. The maximum atomic E-state index is 5.41. The van der Waals surface area contributed by atoms with Crippen molar-refractivity contribution in [2.45, 2.75) is 32.7 Å². The fourth-order valence-corrected chi connectivity index (χ4v) is 7.54. The maximum absolute atomic E-state index is 5.41. The Kier molecular flexibility index (Phi) is 8.61. The summed E-state index contributed by atoms with van der Waals surface area (Å²) in [7, 11) is 0. The van der Waals surface area contributed by atoms with Crippen molar-refractivity contribution < 1.29 is 0 Å². The van der Waals surface area contributed by atoms with E-state index in [2.05, 4.69) is 141 Å². The zero-order valence-corrected chi connectivity index (χ0v) is 29.9. The van der Waals surface area contributed by atoms with Crippen molar-refractivity contribution in [1.29, 1.82) is 0 Å². The second kappa shape index (κ2) is 14.0. The van der Waals surface area contributed by atoms with E-state index in [-0.39, 0.29) is 12.0 Å². The number of aromatic nitrogens is 4. The minimum absolute atomic E-state index is 0.102. The molecule has 0 radical (unpaired) electrons. The Morgan fingerprint density at radius 2 is 1.25 bits per heavy atom. The van der Waals surface area contributed by atoms with Crippen LogP contribution in [0.4, 0.5) is 0 Å².